The maximum atomic E-state index is 11.9. The lowest BCUT2D eigenvalue weighted by Crippen LogP contribution is -2.23. The molecule has 0 fully saturated rings. The topological polar surface area (TPSA) is 38.8 Å². The molecule has 0 unspecified atom stereocenters. The van der Waals surface area contributed by atoms with E-state index in [2.05, 4.69) is 24.8 Å². The normalized spacial score (nSPS) is 10.4. The number of hydrogen-bond acceptors (Lipinski definition) is 4. The summed E-state index contributed by atoms with van der Waals surface area (Å²) < 4.78 is 10.8. The first-order chi connectivity index (χ1) is 11.7. The first kappa shape index (κ1) is 18.0. The monoisotopic (exact) mass is 327 g/mol. The Morgan fingerprint density at radius 2 is 1.58 bits per heavy atom. The largest absolute Gasteiger partial charge is 0.459 e. The lowest BCUT2D eigenvalue weighted by molar-refractivity contribution is -0.150. The van der Waals surface area contributed by atoms with Gasteiger partial charge in [0.2, 0.25) is 0 Å². The first-order valence-corrected chi connectivity index (χ1v) is 8.34. The molecule has 0 aliphatic rings. The lowest BCUT2D eigenvalue weighted by Gasteiger charge is -2.24. The highest BCUT2D eigenvalue weighted by Crippen LogP contribution is 2.21. The van der Waals surface area contributed by atoms with E-state index in [4.69, 9.17) is 9.47 Å². The second kappa shape index (κ2) is 9.73. The van der Waals surface area contributed by atoms with Gasteiger partial charge >= 0.3 is 5.97 Å². The fourth-order valence-electron chi connectivity index (χ4n) is 2.53. The fourth-order valence-corrected chi connectivity index (χ4v) is 2.53. The zero-order valence-electron chi connectivity index (χ0n) is 14.4. The number of hydrogen-bond donors (Lipinski definition) is 0. The van der Waals surface area contributed by atoms with E-state index in [1.54, 1.807) is 0 Å². The fraction of sp³-hybridized carbons (Fsp3) is 0.350. The summed E-state index contributed by atoms with van der Waals surface area (Å²) in [5, 5.41) is 0. The summed E-state index contributed by atoms with van der Waals surface area (Å²) in [6, 6.07) is 17.8. The van der Waals surface area contributed by atoms with Gasteiger partial charge in [-0.15, -0.1) is 0 Å². The maximum absolute atomic E-state index is 11.9. The smallest absolute Gasteiger partial charge is 0.332 e. The summed E-state index contributed by atoms with van der Waals surface area (Å²) in [5.74, 6) is -0.347. The molecule has 0 heterocycles. The van der Waals surface area contributed by atoms with Crippen LogP contribution in [-0.2, 0) is 27.5 Å². The summed E-state index contributed by atoms with van der Waals surface area (Å²) in [6.45, 7) is 6.70. The molecule has 0 N–H and O–H groups in total. The second-order valence-electron chi connectivity index (χ2n) is 5.44. The minimum Gasteiger partial charge on any atom is -0.459 e. The maximum Gasteiger partial charge on any atom is 0.332 e. The summed E-state index contributed by atoms with van der Waals surface area (Å²) >= 11 is 0. The van der Waals surface area contributed by atoms with Gasteiger partial charge in [-0.25, -0.2) is 4.79 Å². The number of ether oxygens (including phenoxy) is 2. The molecule has 24 heavy (non-hydrogen) atoms. The minimum absolute atomic E-state index is 0.0394. The average molecular weight is 327 g/mol. The molecule has 0 saturated heterocycles. The van der Waals surface area contributed by atoms with E-state index in [1.165, 1.54) is 0 Å². The van der Waals surface area contributed by atoms with Crippen LogP contribution in [0.4, 0.5) is 5.69 Å². The molecule has 2 aromatic carbocycles. The molecule has 0 aliphatic carbocycles. The highest BCUT2D eigenvalue weighted by Gasteiger charge is 2.10. The van der Waals surface area contributed by atoms with E-state index in [0.29, 0.717) is 6.61 Å². The van der Waals surface area contributed by atoms with Gasteiger partial charge in [-0.1, -0.05) is 48.5 Å². The van der Waals surface area contributed by atoms with E-state index >= 15 is 0 Å². The molecule has 0 aromatic heterocycles. The third-order valence-corrected chi connectivity index (χ3v) is 3.82. The number of carbonyl (C=O) groups excluding carboxylic acids is 1. The summed E-state index contributed by atoms with van der Waals surface area (Å²) in [5.41, 5.74) is 3.16. The quantitative estimate of drug-likeness (QED) is 0.657. The van der Waals surface area contributed by atoms with Crippen LogP contribution in [0.3, 0.4) is 0 Å². The minimum atomic E-state index is -0.347. The van der Waals surface area contributed by atoms with Crippen molar-refractivity contribution in [3.63, 3.8) is 0 Å². The van der Waals surface area contributed by atoms with Crippen molar-refractivity contribution in [2.24, 2.45) is 0 Å². The van der Waals surface area contributed by atoms with Crippen LogP contribution in [0.15, 0.2) is 54.6 Å². The van der Waals surface area contributed by atoms with Crippen LogP contribution in [0.5, 0.6) is 0 Å². The van der Waals surface area contributed by atoms with Crippen LogP contribution in [0.2, 0.25) is 0 Å². The Morgan fingerprint density at radius 3 is 2.29 bits per heavy atom. The molecular weight excluding hydrogens is 302 g/mol. The van der Waals surface area contributed by atoms with E-state index in [9.17, 15) is 4.79 Å². The van der Waals surface area contributed by atoms with Crippen molar-refractivity contribution in [2.45, 2.75) is 27.1 Å². The van der Waals surface area contributed by atoms with Crippen LogP contribution >= 0.6 is 0 Å². The Kier molecular flexibility index (Phi) is 7.30. The molecule has 0 atom stereocenters. The number of carbonyl (C=O) groups is 1. The molecular formula is C20H25NO3. The highest BCUT2D eigenvalue weighted by molar-refractivity contribution is 5.71. The van der Waals surface area contributed by atoms with E-state index in [1.807, 2.05) is 48.5 Å². The molecule has 0 amide bonds. The SMILES string of the molecule is CCN(CC)c1ccccc1COC(=O)COCc1ccccc1. The zero-order valence-corrected chi connectivity index (χ0v) is 14.4. The van der Waals surface area contributed by atoms with Gasteiger partial charge in [-0.3, -0.25) is 0 Å². The van der Waals surface area contributed by atoms with Crippen molar-refractivity contribution >= 4 is 11.7 Å². The van der Waals surface area contributed by atoms with Gasteiger partial charge in [0.25, 0.3) is 0 Å². The number of para-hydroxylation sites is 1. The molecule has 2 rings (SSSR count). The first-order valence-electron chi connectivity index (χ1n) is 8.34. The van der Waals surface area contributed by atoms with Crippen molar-refractivity contribution in [3.05, 3.63) is 65.7 Å². The zero-order chi connectivity index (χ0) is 17.2. The van der Waals surface area contributed by atoms with Gasteiger partial charge < -0.3 is 14.4 Å². The predicted octanol–water partition coefficient (Wildman–Crippen LogP) is 3.79. The van der Waals surface area contributed by atoms with Crippen LogP contribution in [0, 0.1) is 0 Å². The van der Waals surface area contributed by atoms with Gasteiger partial charge in [-0.05, 0) is 25.5 Å². The lowest BCUT2D eigenvalue weighted by atomic mass is 10.1. The number of nitrogens with zero attached hydrogens (tertiary/aromatic N) is 1. The van der Waals surface area contributed by atoms with Crippen molar-refractivity contribution < 1.29 is 14.3 Å². The van der Waals surface area contributed by atoms with Gasteiger partial charge in [0.05, 0.1) is 6.61 Å². The molecule has 0 radical (unpaired) electrons. The van der Waals surface area contributed by atoms with Crippen LogP contribution in [-0.4, -0.2) is 25.7 Å². The van der Waals surface area contributed by atoms with Crippen molar-refractivity contribution in [2.75, 3.05) is 24.6 Å². The van der Waals surface area contributed by atoms with Gasteiger partial charge in [0.1, 0.15) is 13.2 Å². The molecule has 128 valence electrons. The molecule has 0 spiro atoms. The standard InChI is InChI=1S/C20H25NO3/c1-3-21(4-2)19-13-9-8-12-18(19)15-24-20(22)16-23-14-17-10-6-5-7-11-17/h5-13H,3-4,14-16H2,1-2H3. The van der Waals surface area contributed by atoms with Gasteiger partial charge in [0.15, 0.2) is 0 Å². The Balaban J connectivity index is 1.81. The number of rotatable bonds is 9. The van der Waals surface area contributed by atoms with Crippen molar-refractivity contribution in [3.8, 4) is 0 Å². The molecule has 0 bridgehead atoms. The van der Waals surface area contributed by atoms with Crippen LogP contribution in [0.25, 0.3) is 0 Å². The number of anilines is 1. The summed E-state index contributed by atoms with van der Waals surface area (Å²) in [4.78, 5) is 14.1. The molecule has 4 heteroatoms. The second-order valence-corrected chi connectivity index (χ2v) is 5.44. The summed E-state index contributed by atoms with van der Waals surface area (Å²) in [7, 11) is 0. The number of benzene rings is 2. The highest BCUT2D eigenvalue weighted by atomic mass is 16.6. The third kappa shape index (κ3) is 5.39. The third-order valence-electron chi connectivity index (χ3n) is 3.82. The van der Waals surface area contributed by atoms with Gasteiger partial charge in [0, 0.05) is 24.3 Å². The Labute approximate surface area is 144 Å². The molecule has 0 aliphatic heterocycles. The van der Waals surface area contributed by atoms with Crippen molar-refractivity contribution in [1.82, 2.24) is 0 Å². The Morgan fingerprint density at radius 1 is 0.917 bits per heavy atom. The average Bonchev–Trinajstić information content (AvgIpc) is 2.63. The molecule has 4 nitrogen and oxygen atoms in total. The Hall–Kier alpha value is -2.33. The predicted molar refractivity (Wildman–Crippen MR) is 95.9 cm³/mol. The summed E-state index contributed by atoms with van der Waals surface area (Å²) in [6.07, 6.45) is 0. The Bertz CT molecular complexity index is 624. The van der Waals surface area contributed by atoms with E-state index in [0.717, 1.165) is 29.9 Å². The molecule has 2 aromatic rings. The van der Waals surface area contributed by atoms with Gasteiger partial charge in [-0.2, -0.15) is 0 Å². The number of esters is 1. The van der Waals surface area contributed by atoms with Crippen LogP contribution in [0.1, 0.15) is 25.0 Å². The van der Waals surface area contributed by atoms with Crippen molar-refractivity contribution in [1.29, 1.82) is 0 Å². The van der Waals surface area contributed by atoms with Crippen LogP contribution < -0.4 is 4.90 Å². The van der Waals surface area contributed by atoms with E-state index < -0.39 is 0 Å². The van der Waals surface area contributed by atoms with E-state index in [-0.39, 0.29) is 19.2 Å². The molecule has 0 saturated carbocycles.